The van der Waals surface area contributed by atoms with Crippen molar-refractivity contribution in [3.8, 4) is 6.07 Å². The topological polar surface area (TPSA) is 76.7 Å². The summed E-state index contributed by atoms with van der Waals surface area (Å²) in [5, 5.41) is 12.5. The number of urea groups is 1. The first-order chi connectivity index (χ1) is 13.1. The number of carbonyl (C=O) groups excluding carboxylic acids is 1. The van der Waals surface area contributed by atoms with Crippen LogP contribution in [0.2, 0.25) is 0 Å². The van der Waals surface area contributed by atoms with Gasteiger partial charge >= 0.3 is 6.03 Å². The number of amides is 2. The summed E-state index contributed by atoms with van der Waals surface area (Å²) in [5.41, 5.74) is 4.09. The van der Waals surface area contributed by atoms with Crippen LogP contribution in [-0.2, 0) is 0 Å². The molecule has 1 fully saturated rings. The van der Waals surface area contributed by atoms with Crippen molar-refractivity contribution >= 4 is 28.5 Å². The highest BCUT2D eigenvalue weighted by molar-refractivity contribution is 5.85. The van der Waals surface area contributed by atoms with Crippen molar-refractivity contribution in [2.24, 2.45) is 0 Å². The lowest BCUT2D eigenvalue weighted by Crippen LogP contribution is -2.52. The van der Waals surface area contributed by atoms with E-state index in [4.69, 9.17) is 4.98 Å². The molecule has 3 aromatic rings. The lowest BCUT2D eigenvalue weighted by Gasteiger charge is -2.36. The summed E-state index contributed by atoms with van der Waals surface area (Å²) in [5.74, 6) is 1.02. The number of rotatable bonds is 2. The van der Waals surface area contributed by atoms with Crippen molar-refractivity contribution in [3.63, 3.8) is 0 Å². The Balaban J connectivity index is 1.77. The minimum atomic E-state index is -0.00798. The maximum Gasteiger partial charge on any atom is 0.317 e. The smallest absolute Gasteiger partial charge is 0.317 e. The molecule has 138 valence electrons. The molecule has 1 aliphatic rings. The van der Waals surface area contributed by atoms with Crippen LogP contribution in [0, 0.1) is 18.3 Å². The lowest BCUT2D eigenvalue weighted by molar-refractivity contribution is 0.195. The molecule has 7 nitrogen and oxygen atoms in total. The highest BCUT2D eigenvalue weighted by atomic mass is 16.2. The summed E-state index contributed by atoms with van der Waals surface area (Å²) in [7, 11) is 0. The number of benzene rings is 1. The second kappa shape index (κ2) is 6.80. The van der Waals surface area contributed by atoms with Crippen molar-refractivity contribution in [1.82, 2.24) is 19.6 Å². The van der Waals surface area contributed by atoms with Gasteiger partial charge in [-0.15, -0.1) is 0 Å². The number of carbonyl (C=O) groups is 1. The normalized spacial score (nSPS) is 14.6. The number of nitrogens with one attached hydrogen (secondary N) is 1. The largest absolute Gasteiger partial charge is 0.354 e. The van der Waals surface area contributed by atoms with E-state index >= 15 is 0 Å². The third kappa shape index (κ3) is 2.83. The van der Waals surface area contributed by atoms with Gasteiger partial charge in [0.05, 0.1) is 16.6 Å². The third-order valence-corrected chi connectivity index (χ3v) is 5.08. The number of pyridine rings is 1. The number of aromatic nitrogens is 2. The van der Waals surface area contributed by atoms with Gasteiger partial charge in [0.2, 0.25) is 0 Å². The van der Waals surface area contributed by atoms with Gasteiger partial charge in [-0.25, -0.2) is 9.78 Å². The van der Waals surface area contributed by atoms with Crippen LogP contribution < -0.4 is 10.2 Å². The van der Waals surface area contributed by atoms with Gasteiger partial charge in [0.1, 0.15) is 11.9 Å². The molecule has 0 atom stereocenters. The number of hydrogen-bond acceptors (Lipinski definition) is 4. The zero-order valence-electron chi connectivity index (χ0n) is 15.6. The first-order valence-corrected chi connectivity index (χ1v) is 9.22. The molecule has 0 unspecified atom stereocenters. The number of piperazine rings is 1. The van der Waals surface area contributed by atoms with Crippen LogP contribution in [0.1, 0.15) is 18.1 Å². The van der Waals surface area contributed by atoms with Gasteiger partial charge in [-0.1, -0.05) is 12.1 Å². The molecule has 1 N–H and O–H groups in total. The van der Waals surface area contributed by atoms with Crippen LogP contribution in [0.3, 0.4) is 0 Å². The van der Waals surface area contributed by atoms with E-state index in [1.54, 1.807) is 0 Å². The Morgan fingerprint density at radius 3 is 2.70 bits per heavy atom. The van der Waals surface area contributed by atoms with E-state index in [0.29, 0.717) is 30.8 Å². The molecule has 0 bridgehead atoms. The molecule has 2 amide bonds. The molecule has 0 aliphatic carbocycles. The minimum absolute atomic E-state index is 0.00798. The van der Waals surface area contributed by atoms with Gasteiger partial charge in [-0.05, 0) is 37.6 Å². The third-order valence-electron chi connectivity index (χ3n) is 5.08. The Morgan fingerprint density at radius 1 is 1.26 bits per heavy atom. The van der Waals surface area contributed by atoms with Crippen molar-refractivity contribution < 1.29 is 4.79 Å². The van der Waals surface area contributed by atoms with E-state index in [9.17, 15) is 10.1 Å². The molecule has 7 heteroatoms. The maximum absolute atomic E-state index is 12.1. The Kier molecular flexibility index (Phi) is 4.32. The van der Waals surface area contributed by atoms with Gasteiger partial charge in [0.15, 0.2) is 5.65 Å². The Labute approximate surface area is 157 Å². The van der Waals surface area contributed by atoms with E-state index in [1.165, 1.54) is 0 Å². The first kappa shape index (κ1) is 17.2. The van der Waals surface area contributed by atoms with E-state index in [1.807, 2.05) is 43.0 Å². The summed E-state index contributed by atoms with van der Waals surface area (Å²) >= 11 is 0. The van der Waals surface area contributed by atoms with E-state index in [-0.39, 0.29) is 6.03 Å². The number of imidazole rings is 1. The number of aryl methyl sites for hydroxylation is 1. The number of fused-ring (bicyclic) bond motifs is 3. The molecule has 2 aromatic heterocycles. The molecular weight excluding hydrogens is 340 g/mol. The molecule has 1 saturated heterocycles. The first-order valence-electron chi connectivity index (χ1n) is 9.22. The van der Waals surface area contributed by atoms with Gasteiger partial charge in [-0.3, -0.25) is 4.40 Å². The van der Waals surface area contributed by atoms with Crippen molar-refractivity contribution in [2.75, 3.05) is 37.6 Å². The number of nitrogens with zero attached hydrogens (tertiary/aromatic N) is 5. The molecule has 0 saturated carbocycles. The summed E-state index contributed by atoms with van der Waals surface area (Å²) in [6.45, 7) is 7.32. The predicted molar refractivity (Wildman–Crippen MR) is 105 cm³/mol. The van der Waals surface area contributed by atoms with Crippen LogP contribution in [0.25, 0.3) is 16.7 Å². The molecule has 27 heavy (non-hydrogen) atoms. The summed E-state index contributed by atoms with van der Waals surface area (Å²) in [4.78, 5) is 20.9. The lowest BCUT2D eigenvalue weighted by atomic mass is 10.1. The van der Waals surface area contributed by atoms with Crippen LogP contribution >= 0.6 is 0 Å². The summed E-state index contributed by atoms with van der Waals surface area (Å²) in [6, 6.07) is 12.3. The SMILES string of the molecule is CCNC(=O)N1CCN(c2cc(C)c(C#N)c3nc4ccccc4n23)CC1. The number of nitriles is 1. The molecule has 4 rings (SSSR count). The average Bonchev–Trinajstić information content (AvgIpc) is 3.07. The van der Waals surface area contributed by atoms with Crippen molar-refractivity contribution in [3.05, 3.63) is 41.5 Å². The zero-order valence-corrected chi connectivity index (χ0v) is 15.6. The molecule has 1 aromatic carbocycles. The van der Waals surface area contributed by atoms with Crippen LogP contribution in [0.15, 0.2) is 30.3 Å². The molecular formula is C20H22N6O. The second-order valence-corrected chi connectivity index (χ2v) is 6.74. The van der Waals surface area contributed by atoms with Crippen molar-refractivity contribution in [2.45, 2.75) is 13.8 Å². The van der Waals surface area contributed by atoms with Gasteiger partial charge in [-0.2, -0.15) is 5.26 Å². The quantitative estimate of drug-likeness (QED) is 0.760. The standard InChI is InChI=1S/C20H22N6O/c1-3-22-20(27)25-10-8-24(9-11-25)18-12-14(2)15(13-21)19-23-16-6-4-5-7-17(16)26(18)19/h4-7,12H,3,8-11H2,1-2H3,(H,22,27). The molecule has 3 heterocycles. The Morgan fingerprint density at radius 2 is 2.00 bits per heavy atom. The zero-order chi connectivity index (χ0) is 19.0. The number of anilines is 1. The fraction of sp³-hybridized carbons (Fsp3) is 0.350. The van der Waals surface area contributed by atoms with E-state index < -0.39 is 0 Å². The van der Waals surface area contributed by atoms with E-state index in [0.717, 1.165) is 35.5 Å². The Bertz CT molecular complexity index is 1060. The monoisotopic (exact) mass is 362 g/mol. The number of para-hydroxylation sites is 2. The summed E-state index contributed by atoms with van der Waals surface area (Å²) in [6.07, 6.45) is 0. The average molecular weight is 362 g/mol. The highest BCUT2D eigenvalue weighted by Gasteiger charge is 2.24. The predicted octanol–water partition coefficient (Wildman–Crippen LogP) is 2.52. The summed E-state index contributed by atoms with van der Waals surface area (Å²) < 4.78 is 2.07. The van der Waals surface area contributed by atoms with Crippen molar-refractivity contribution in [1.29, 1.82) is 5.26 Å². The molecule has 0 spiro atoms. The fourth-order valence-corrected chi connectivity index (χ4v) is 3.70. The van der Waals surface area contributed by atoms with E-state index in [2.05, 4.69) is 26.8 Å². The molecule has 1 aliphatic heterocycles. The van der Waals surface area contributed by atoms with Gasteiger partial charge in [0.25, 0.3) is 0 Å². The van der Waals surface area contributed by atoms with Crippen LogP contribution in [-0.4, -0.2) is 53.0 Å². The van der Waals surface area contributed by atoms with Crippen LogP contribution in [0.4, 0.5) is 10.6 Å². The minimum Gasteiger partial charge on any atom is -0.354 e. The molecule has 0 radical (unpaired) electrons. The van der Waals surface area contributed by atoms with Gasteiger partial charge in [0, 0.05) is 32.7 Å². The second-order valence-electron chi connectivity index (χ2n) is 6.74. The van der Waals surface area contributed by atoms with Crippen LogP contribution in [0.5, 0.6) is 0 Å². The van der Waals surface area contributed by atoms with Gasteiger partial charge < -0.3 is 15.1 Å². The number of hydrogen-bond donors (Lipinski definition) is 1. The highest BCUT2D eigenvalue weighted by Crippen LogP contribution is 2.29. The maximum atomic E-state index is 12.1. The Hall–Kier alpha value is -3.27. The fourth-order valence-electron chi connectivity index (χ4n) is 3.70.